The van der Waals surface area contributed by atoms with Gasteiger partial charge in [-0.3, -0.25) is 4.79 Å². The van der Waals surface area contributed by atoms with Crippen molar-refractivity contribution in [2.45, 2.75) is 31.6 Å². The Morgan fingerprint density at radius 1 is 1.29 bits per heavy atom. The van der Waals surface area contributed by atoms with Gasteiger partial charge in [0.2, 0.25) is 5.91 Å². The van der Waals surface area contributed by atoms with Crippen molar-refractivity contribution < 1.29 is 18.3 Å². The summed E-state index contributed by atoms with van der Waals surface area (Å²) in [5.41, 5.74) is 0.859. The molecule has 2 atom stereocenters. The van der Waals surface area contributed by atoms with Crippen LogP contribution in [0.15, 0.2) is 29.2 Å². The molecule has 6 heteroatoms. The monoisotopic (exact) mass is 351 g/mol. The first kappa shape index (κ1) is 17.4. The van der Waals surface area contributed by atoms with E-state index in [1.807, 2.05) is 4.90 Å². The molecule has 1 aromatic rings. The van der Waals surface area contributed by atoms with Crippen LogP contribution in [-0.2, 0) is 21.1 Å². The Morgan fingerprint density at radius 3 is 2.38 bits per heavy atom. The van der Waals surface area contributed by atoms with E-state index in [0.717, 1.165) is 12.0 Å². The Balaban J connectivity index is 1.68. The third-order valence-corrected chi connectivity index (χ3v) is 6.90. The summed E-state index contributed by atoms with van der Waals surface area (Å²) in [6.45, 7) is 5.85. The normalized spacial score (nSPS) is 28.3. The number of carbonyl (C=O) groups excluding carboxylic acids is 1. The highest BCUT2D eigenvalue weighted by Crippen LogP contribution is 2.62. The molecule has 1 aliphatic heterocycles. The standard InChI is InChI=1S/C18H25NO4S/c1-17(2)10-18(12-20)11-19(9-15(17)18)16(21)8-13-4-6-14(7-5-13)24(3,22)23/h4-7,15,20H,8-12H2,1-3H3/t15-,18-/m1/s1. The number of likely N-dealkylation sites (tertiary alicyclic amines) is 1. The lowest BCUT2D eigenvalue weighted by molar-refractivity contribution is -0.130. The highest BCUT2D eigenvalue weighted by atomic mass is 32.2. The number of aliphatic hydroxyl groups excluding tert-OH is 1. The lowest BCUT2D eigenvalue weighted by Gasteiger charge is -2.55. The molecule has 1 amide bonds. The molecule has 1 saturated carbocycles. The Kier molecular flexibility index (Phi) is 4.04. The molecule has 1 aromatic carbocycles. The Labute approximate surface area is 143 Å². The zero-order chi connectivity index (χ0) is 17.8. The summed E-state index contributed by atoms with van der Waals surface area (Å²) in [6.07, 6.45) is 2.38. The number of fused-ring (bicyclic) bond motifs is 1. The molecule has 0 aromatic heterocycles. The summed E-state index contributed by atoms with van der Waals surface area (Å²) in [6, 6.07) is 6.49. The van der Waals surface area contributed by atoms with Crippen molar-refractivity contribution in [1.82, 2.24) is 4.90 Å². The number of rotatable bonds is 4. The van der Waals surface area contributed by atoms with Crippen molar-refractivity contribution in [3.05, 3.63) is 29.8 Å². The second-order valence-electron chi connectivity index (χ2n) is 8.11. The van der Waals surface area contributed by atoms with Crippen LogP contribution in [0.2, 0.25) is 0 Å². The van der Waals surface area contributed by atoms with Crippen molar-refractivity contribution in [1.29, 1.82) is 0 Å². The smallest absolute Gasteiger partial charge is 0.227 e. The van der Waals surface area contributed by atoms with Crippen molar-refractivity contribution >= 4 is 15.7 Å². The molecule has 1 N–H and O–H groups in total. The van der Waals surface area contributed by atoms with Gasteiger partial charge in [0.05, 0.1) is 17.9 Å². The zero-order valence-corrected chi connectivity index (χ0v) is 15.3. The number of sulfone groups is 1. The van der Waals surface area contributed by atoms with Gasteiger partial charge >= 0.3 is 0 Å². The van der Waals surface area contributed by atoms with Gasteiger partial charge in [-0.05, 0) is 35.4 Å². The lowest BCUT2D eigenvalue weighted by atomic mass is 9.48. The third kappa shape index (κ3) is 2.86. The first-order valence-electron chi connectivity index (χ1n) is 8.25. The van der Waals surface area contributed by atoms with Crippen LogP contribution in [0, 0.1) is 16.7 Å². The van der Waals surface area contributed by atoms with E-state index in [2.05, 4.69) is 13.8 Å². The molecule has 0 unspecified atom stereocenters. The summed E-state index contributed by atoms with van der Waals surface area (Å²) >= 11 is 0. The molecular weight excluding hydrogens is 326 g/mol. The van der Waals surface area contributed by atoms with Gasteiger partial charge in [-0.25, -0.2) is 8.42 Å². The van der Waals surface area contributed by atoms with Crippen molar-refractivity contribution in [3.8, 4) is 0 Å². The van der Waals surface area contributed by atoms with Crippen LogP contribution >= 0.6 is 0 Å². The first-order valence-corrected chi connectivity index (χ1v) is 10.1. The van der Waals surface area contributed by atoms with Gasteiger partial charge in [-0.1, -0.05) is 26.0 Å². The van der Waals surface area contributed by atoms with Gasteiger partial charge in [-0.15, -0.1) is 0 Å². The maximum atomic E-state index is 12.6. The second kappa shape index (κ2) is 5.56. The van der Waals surface area contributed by atoms with Crippen LogP contribution in [0.1, 0.15) is 25.8 Å². The molecule has 2 aliphatic rings. The van der Waals surface area contributed by atoms with Crippen molar-refractivity contribution in [3.63, 3.8) is 0 Å². The van der Waals surface area contributed by atoms with Gasteiger partial charge in [0.25, 0.3) is 0 Å². The van der Waals surface area contributed by atoms with Gasteiger partial charge in [-0.2, -0.15) is 0 Å². The van der Waals surface area contributed by atoms with Gasteiger partial charge in [0.15, 0.2) is 9.84 Å². The van der Waals surface area contributed by atoms with E-state index >= 15 is 0 Å². The minimum atomic E-state index is -3.22. The predicted octanol–water partition coefficient (Wildman–Crippen LogP) is 1.50. The average molecular weight is 351 g/mol. The zero-order valence-electron chi connectivity index (χ0n) is 14.4. The summed E-state index contributed by atoms with van der Waals surface area (Å²) in [4.78, 5) is 14.7. The number of aliphatic hydroxyl groups is 1. The molecule has 132 valence electrons. The first-order chi connectivity index (χ1) is 11.1. The molecule has 0 bridgehead atoms. The molecule has 1 saturated heterocycles. The topological polar surface area (TPSA) is 74.7 Å². The Bertz CT molecular complexity index is 754. The fourth-order valence-electron chi connectivity index (χ4n) is 4.67. The predicted molar refractivity (Wildman–Crippen MR) is 91.2 cm³/mol. The van der Waals surface area contributed by atoms with Crippen molar-refractivity contribution in [2.24, 2.45) is 16.7 Å². The fourth-order valence-corrected chi connectivity index (χ4v) is 5.30. The molecule has 2 fully saturated rings. The van der Waals surface area contributed by atoms with Crippen LogP contribution in [0.5, 0.6) is 0 Å². The molecule has 5 nitrogen and oxygen atoms in total. The van der Waals surface area contributed by atoms with E-state index < -0.39 is 9.84 Å². The third-order valence-electron chi connectivity index (χ3n) is 5.77. The minimum absolute atomic E-state index is 0.0418. The maximum Gasteiger partial charge on any atom is 0.227 e. The number of amides is 1. The number of hydrogen-bond donors (Lipinski definition) is 1. The molecule has 1 heterocycles. The van der Waals surface area contributed by atoms with Crippen molar-refractivity contribution in [2.75, 3.05) is 26.0 Å². The summed E-state index contributed by atoms with van der Waals surface area (Å²) in [5, 5.41) is 9.78. The second-order valence-corrected chi connectivity index (χ2v) is 10.1. The number of nitrogens with zero attached hydrogens (tertiary/aromatic N) is 1. The summed E-state index contributed by atoms with van der Waals surface area (Å²) < 4.78 is 23.0. The van der Waals surface area contributed by atoms with E-state index in [-0.39, 0.29) is 34.7 Å². The largest absolute Gasteiger partial charge is 0.396 e. The van der Waals surface area contributed by atoms with Gasteiger partial charge < -0.3 is 10.0 Å². The van der Waals surface area contributed by atoms with Crippen LogP contribution < -0.4 is 0 Å². The van der Waals surface area contributed by atoms with E-state index in [1.165, 1.54) is 6.26 Å². The highest BCUT2D eigenvalue weighted by molar-refractivity contribution is 7.90. The molecule has 24 heavy (non-hydrogen) atoms. The number of hydrogen-bond acceptors (Lipinski definition) is 4. The summed E-state index contributed by atoms with van der Waals surface area (Å²) in [5.74, 6) is 0.395. The number of carbonyl (C=O) groups is 1. The molecular formula is C18H25NO4S. The maximum absolute atomic E-state index is 12.6. The van der Waals surface area contributed by atoms with E-state index in [9.17, 15) is 18.3 Å². The van der Waals surface area contributed by atoms with E-state index in [1.54, 1.807) is 24.3 Å². The fraction of sp³-hybridized carbons (Fsp3) is 0.611. The molecule has 0 spiro atoms. The Hall–Kier alpha value is -1.40. The molecule has 3 rings (SSSR count). The lowest BCUT2D eigenvalue weighted by Crippen LogP contribution is -2.54. The van der Waals surface area contributed by atoms with Crippen LogP contribution in [0.4, 0.5) is 0 Å². The van der Waals surface area contributed by atoms with Crippen LogP contribution in [0.3, 0.4) is 0 Å². The van der Waals surface area contributed by atoms with Crippen LogP contribution in [-0.4, -0.2) is 50.3 Å². The van der Waals surface area contributed by atoms with Crippen LogP contribution in [0.25, 0.3) is 0 Å². The SMILES string of the molecule is CC1(C)C[C@]2(CO)CN(C(=O)Cc3ccc(S(C)(=O)=O)cc3)C[C@H]12. The summed E-state index contributed by atoms with van der Waals surface area (Å²) in [7, 11) is -3.22. The van der Waals surface area contributed by atoms with Gasteiger partial charge in [0, 0.05) is 24.8 Å². The number of benzene rings is 1. The molecule has 1 aliphatic carbocycles. The Morgan fingerprint density at radius 2 is 1.92 bits per heavy atom. The minimum Gasteiger partial charge on any atom is -0.396 e. The average Bonchev–Trinajstić information content (AvgIpc) is 2.82. The quantitative estimate of drug-likeness (QED) is 0.892. The van der Waals surface area contributed by atoms with Gasteiger partial charge in [0.1, 0.15) is 0 Å². The van der Waals surface area contributed by atoms with E-state index in [4.69, 9.17) is 0 Å². The highest BCUT2D eigenvalue weighted by Gasteiger charge is 2.62. The molecule has 0 radical (unpaired) electrons. The van der Waals surface area contributed by atoms with E-state index in [0.29, 0.717) is 19.0 Å².